The number of anilines is 2. The number of sulfonamides is 1. The molecule has 3 rings (SSSR count). The molecular formula is C16H10ClF3N4O3S2. The van der Waals surface area contributed by atoms with Crippen molar-refractivity contribution in [3.8, 4) is 0 Å². The van der Waals surface area contributed by atoms with Crippen LogP contribution < -0.4 is 10.0 Å². The van der Waals surface area contributed by atoms with Crippen LogP contribution in [0.3, 0.4) is 0 Å². The first-order valence-corrected chi connectivity index (χ1v) is 10.3. The molecule has 0 bridgehead atoms. The zero-order valence-corrected chi connectivity index (χ0v) is 16.5. The van der Waals surface area contributed by atoms with Crippen molar-refractivity contribution in [3.63, 3.8) is 0 Å². The van der Waals surface area contributed by atoms with Gasteiger partial charge in [0, 0.05) is 11.3 Å². The number of benzene rings is 2. The van der Waals surface area contributed by atoms with Crippen LogP contribution in [0.1, 0.15) is 21.8 Å². The number of amides is 1. The molecule has 0 atom stereocenters. The zero-order valence-electron chi connectivity index (χ0n) is 14.1. The number of aromatic nitrogens is 2. The second kappa shape index (κ2) is 8.35. The second-order valence-electron chi connectivity index (χ2n) is 5.46. The van der Waals surface area contributed by atoms with E-state index >= 15 is 0 Å². The van der Waals surface area contributed by atoms with Crippen molar-refractivity contribution >= 4 is 49.7 Å². The van der Waals surface area contributed by atoms with Crippen molar-refractivity contribution in [1.82, 2.24) is 10.2 Å². The van der Waals surface area contributed by atoms with Gasteiger partial charge in [-0.25, -0.2) is 21.6 Å². The lowest BCUT2D eigenvalue weighted by Crippen LogP contribution is -2.16. The van der Waals surface area contributed by atoms with Crippen molar-refractivity contribution in [1.29, 1.82) is 0 Å². The highest BCUT2D eigenvalue weighted by Gasteiger charge is 2.22. The first-order valence-electron chi connectivity index (χ1n) is 7.66. The number of carbonyl (C=O) groups is 1. The molecule has 0 radical (unpaired) electrons. The molecule has 13 heteroatoms. The Morgan fingerprint density at radius 1 is 1.10 bits per heavy atom. The molecular weight excluding hydrogens is 453 g/mol. The number of rotatable bonds is 6. The highest BCUT2D eigenvalue weighted by atomic mass is 35.5. The maximum absolute atomic E-state index is 13.0. The predicted molar refractivity (Wildman–Crippen MR) is 101 cm³/mol. The first kappa shape index (κ1) is 21.0. The molecule has 0 fully saturated rings. The van der Waals surface area contributed by atoms with E-state index in [2.05, 4.69) is 20.2 Å². The number of carbonyl (C=O) groups excluding carboxylic acids is 1. The van der Waals surface area contributed by atoms with Gasteiger partial charge in [-0.2, -0.15) is 0 Å². The Bertz CT molecular complexity index is 1150. The van der Waals surface area contributed by atoms with E-state index in [1.54, 1.807) is 0 Å². The minimum absolute atomic E-state index is 0.0886. The molecule has 1 aromatic heterocycles. The minimum Gasteiger partial charge on any atom is -0.296 e. The van der Waals surface area contributed by atoms with Crippen LogP contribution in [0.2, 0.25) is 5.02 Å². The minimum atomic E-state index is -4.20. The van der Waals surface area contributed by atoms with Crippen LogP contribution in [0.5, 0.6) is 0 Å². The summed E-state index contributed by atoms with van der Waals surface area (Å²) in [5.41, 5.74) is -0.0200. The lowest BCUT2D eigenvalue weighted by Gasteiger charge is -2.11. The van der Waals surface area contributed by atoms with Crippen LogP contribution in [0.25, 0.3) is 0 Å². The standard InChI is InChI=1S/C16H10ClF3N4O3S2/c17-11-6-1-8(14(25)21-16-23-22-15(28-16)13(19)20)7-12(11)29(26,27)24-10-4-2-9(18)3-5-10/h1-7,13,24H,(H,21,23,25). The fourth-order valence-corrected chi connectivity index (χ4v) is 4.30. The summed E-state index contributed by atoms with van der Waals surface area (Å²) in [4.78, 5) is 11.9. The Kier molecular flexibility index (Phi) is 6.05. The molecule has 7 nitrogen and oxygen atoms in total. The van der Waals surface area contributed by atoms with Crippen LogP contribution in [-0.4, -0.2) is 24.5 Å². The first-order chi connectivity index (χ1) is 13.7. The van der Waals surface area contributed by atoms with Crippen molar-refractivity contribution in [2.24, 2.45) is 0 Å². The van der Waals surface area contributed by atoms with Crippen molar-refractivity contribution in [2.45, 2.75) is 11.3 Å². The summed E-state index contributed by atoms with van der Waals surface area (Å²) in [5.74, 6) is -1.34. The molecule has 0 unspecified atom stereocenters. The van der Waals surface area contributed by atoms with Gasteiger partial charge in [0.25, 0.3) is 22.4 Å². The quantitative estimate of drug-likeness (QED) is 0.568. The third-order valence-corrected chi connectivity index (χ3v) is 6.14. The van der Waals surface area contributed by atoms with Gasteiger partial charge in [0.1, 0.15) is 10.7 Å². The molecule has 1 amide bonds. The summed E-state index contributed by atoms with van der Waals surface area (Å²) in [6.07, 6.45) is -2.83. The summed E-state index contributed by atoms with van der Waals surface area (Å²) in [6, 6.07) is 8.03. The lowest BCUT2D eigenvalue weighted by atomic mass is 10.2. The van der Waals surface area contributed by atoms with Gasteiger partial charge in [-0.05, 0) is 42.5 Å². The van der Waals surface area contributed by atoms with E-state index < -0.39 is 38.1 Å². The lowest BCUT2D eigenvalue weighted by molar-refractivity contribution is 0.102. The zero-order chi connectivity index (χ0) is 21.2. The number of halogens is 4. The van der Waals surface area contributed by atoms with Crippen molar-refractivity contribution in [2.75, 3.05) is 10.0 Å². The summed E-state index contributed by atoms with van der Waals surface area (Å²) in [6.45, 7) is 0. The predicted octanol–water partition coefficient (Wildman–Crippen LogP) is 4.32. The largest absolute Gasteiger partial charge is 0.296 e. The fourth-order valence-electron chi connectivity index (χ4n) is 2.12. The van der Waals surface area contributed by atoms with Gasteiger partial charge in [-0.3, -0.25) is 14.8 Å². The normalized spacial score (nSPS) is 11.5. The highest BCUT2D eigenvalue weighted by molar-refractivity contribution is 7.92. The fraction of sp³-hybridized carbons (Fsp3) is 0.0625. The molecule has 0 aliphatic carbocycles. The van der Waals surface area contributed by atoms with Gasteiger partial charge < -0.3 is 0 Å². The number of hydrogen-bond acceptors (Lipinski definition) is 6. The van der Waals surface area contributed by atoms with E-state index in [0.29, 0.717) is 11.3 Å². The average Bonchev–Trinajstić information content (AvgIpc) is 3.12. The number of nitrogens with one attached hydrogen (secondary N) is 2. The highest BCUT2D eigenvalue weighted by Crippen LogP contribution is 2.27. The Balaban J connectivity index is 1.84. The van der Waals surface area contributed by atoms with E-state index in [9.17, 15) is 26.4 Å². The van der Waals surface area contributed by atoms with E-state index in [0.717, 1.165) is 18.2 Å². The molecule has 1 heterocycles. The van der Waals surface area contributed by atoms with E-state index in [4.69, 9.17) is 11.6 Å². The van der Waals surface area contributed by atoms with Gasteiger partial charge in [0.15, 0.2) is 5.01 Å². The summed E-state index contributed by atoms with van der Waals surface area (Å²) in [5, 5.41) is 8.02. The van der Waals surface area contributed by atoms with Gasteiger partial charge >= 0.3 is 0 Å². The Morgan fingerprint density at radius 2 is 1.79 bits per heavy atom. The van der Waals surface area contributed by atoms with Gasteiger partial charge in [-0.15, -0.1) is 10.2 Å². The average molecular weight is 463 g/mol. The van der Waals surface area contributed by atoms with Crippen molar-refractivity contribution in [3.05, 3.63) is 63.9 Å². The molecule has 2 N–H and O–H groups in total. The van der Waals surface area contributed by atoms with Crippen LogP contribution in [0.15, 0.2) is 47.4 Å². The molecule has 0 spiro atoms. The molecule has 3 aromatic rings. The summed E-state index contributed by atoms with van der Waals surface area (Å²) >= 11 is 6.45. The van der Waals surface area contributed by atoms with Gasteiger partial charge in [-0.1, -0.05) is 22.9 Å². The molecule has 0 saturated carbocycles. The van der Waals surface area contributed by atoms with Gasteiger partial charge in [0.05, 0.1) is 5.02 Å². The van der Waals surface area contributed by atoms with Crippen molar-refractivity contribution < 1.29 is 26.4 Å². The Hall–Kier alpha value is -2.70. The Morgan fingerprint density at radius 3 is 2.41 bits per heavy atom. The summed E-state index contributed by atoms with van der Waals surface area (Å²) in [7, 11) is -4.20. The SMILES string of the molecule is O=C(Nc1nnc(C(F)F)s1)c1ccc(Cl)c(S(=O)(=O)Nc2ccc(F)cc2)c1. The molecule has 152 valence electrons. The van der Waals surface area contributed by atoms with Crippen LogP contribution in [-0.2, 0) is 10.0 Å². The number of hydrogen-bond donors (Lipinski definition) is 2. The monoisotopic (exact) mass is 462 g/mol. The maximum Gasteiger partial charge on any atom is 0.291 e. The van der Waals surface area contributed by atoms with Crippen LogP contribution >= 0.6 is 22.9 Å². The van der Waals surface area contributed by atoms with E-state index in [1.807, 2.05) is 0 Å². The molecule has 0 saturated heterocycles. The van der Waals surface area contributed by atoms with Gasteiger partial charge in [0.2, 0.25) is 5.13 Å². The molecule has 29 heavy (non-hydrogen) atoms. The smallest absolute Gasteiger partial charge is 0.291 e. The third kappa shape index (κ3) is 5.02. The number of alkyl halides is 2. The van der Waals surface area contributed by atoms with E-state index in [-0.39, 0.29) is 21.4 Å². The third-order valence-electron chi connectivity index (χ3n) is 3.43. The number of nitrogens with zero attached hydrogens (tertiary/aromatic N) is 2. The molecule has 0 aliphatic heterocycles. The van der Waals surface area contributed by atoms with Crippen LogP contribution in [0.4, 0.5) is 24.0 Å². The summed E-state index contributed by atoms with van der Waals surface area (Å²) < 4.78 is 65.5. The van der Waals surface area contributed by atoms with Crippen LogP contribution in [0, 0.1) is 5.82 Å². The topological polar surface area (TPSA) is 101 Å². The second-order valence-corrected chi connectivity index (χ2v) is 8.52. The molecule has 2 aromatic carbocycles. The van der Waals surface area contributed by atoms with E-state index in [1.165, 1.54) is 24.3 Å². The maximum atomic E-state index is 13.0. The Labute approximate surface area is 171 Å². The molecule has 0 aliphatic rings.